The van der Waals surface area contributed by atoms with Crippen molar-refractivity contribution in [3.63, 3.8) is 0 Å². The average molecular weight is 220 g/mol. The third-order valence-electron chi connectivity index (χ3n) is 2.92. The number of aromatic nitrogens is 2. The Morgan fingerprint density at radius 3 is 2.47 bits per heavy atom. The van der Waals surface area contributed by atoms with Gasteiger partial charge in [-0.3, -0.25) is 0 Å². The van der Waals surface area contributed by atoms with Gasteiger partial charge in [0.2, 0.25) is 0 Å². The van der Waals surface area contributed by atoms with Crippen molar-refractivity contribution < 1.29 is 0 Å². The van der Waals surface area contributed by atoms with Gasteiger partial charge in [0.1, 0.15) is 0 Å². The van der Waals surface area contributed by atoms with Gasteiger partial charge in [0.05, 0.1) is 11.2 Å². The number of benzene rings is 2. The van der Waals surface area contributed by atoms with Crippen molar-refractivity contribution in [2.24, 2.45) is 0 Å². The van der Waals surface area contributed by atoms with Crippen LogP contribution >= 0.6 is 0 Å². The van der Waals surface area contributed by atoms with E-state index >= 15 is 0 Å². The van der Waals surface area contributed by atoms with Crippen molar-refractivity contribution in [2.45, 2.75) is 6.92 Å². The maximum atomic E-state index is 4.29. The molecular weight excluding hydrogens is 208 g/mol. The van der Waals surface area contributed by atoms with Crippen LogP contribution in [0.1, 0.15) is 5.56 Å². The van der Waals surface area contributed by atoms with Crippen LogP contribution < -0.4 is 0 Å². The van der Waals surface area contributed by atoms with Gasteiger partial charge in [-0.15, -0.1) is 10.2 Å². The van der Waals surface area contributed by atoms with Crippen molar-refractivity contribution in [3.05, 3.63) is 60.2 Å². The van der Waals surface area contributed by atoms with E-state index in [9.17, 15) is 0 Å². The van der Waals surface area contributed by atoms with E-state index < -0.39 is 0 Å². The lowest BCUT2D eigenvalue weighted by atomic mass is 10.0. The Morgan fingerprint density at radius 2 is 1.59 bits per heavy atom. The van der Waals surface area contributed by atoms with E-state index in [4.69, 9.17) is 0 Å². The number of rotatable bonds is 1. The van der Waals surface area contributed by atoms with E-state index in [0.717, 1.165) is 22.2 Å². The molecule has 0 unspecified atom stereocenters. The second-order valence-corrected chi connectivity index (χ2v) is 4.10. The monoisotopic (exact) mass is 220 g/mol. The van der Waals surface area contributed by atoms with Gasteiger partial charge in [-0.2, -0.15) is 0 Å². The van der Waals surface area contributed by atoms with E-state index in [1.807, 2.05) is 30.3 Å². The molecule has 0 radical (unpaired) electrons. The SMILES string of the molecule is Cc1ccccc1-c1cc2ccccc2nn1. The Bertz CT molecular complexity index is 674. The van der Waals surface area contributed by atoms with E-state index in [1.165, 1.54) is 5.56 Å². The minimum absolute atomic E-state index is 0.932. The normalized spacial score (nSPS) is 10.6. The van der Waals surface area contributed by atoms with E-state index in [1.54, 1.807) is 0 Å². The summed E-state index contributed by atoms with van der Waals surface area (Å²) < 4.78 is 0. The molecule has 1 aromatic heterocycles. The van der Waals surface area contributed by atoms with E-state index in [-0.39, 0.29) is 0 Å². The van der Waals surface area contributed by atoms with Gasteiger partial charge in [-0.05, 0) is 24.6 Å². The van der Waals surface area contributed by atoms with Crippen LogP contribution in [-0.4, -0.2) is 10.2 Å². The molecule has 0 spiro atoms. The zero-order valence-corrected chi connectivity index (χ0v) is 9.59. The minimum atomic E-state index is 0.932. The molecule has 2 aromatic carbocycles. The number of fused-ring (bicyclic) bond motifs is 1. The highest BCUT2D eigenvalue weighted by Gasteiger charge is 2.04. The van der Waals surface area contributed by atoms with Gasteiger partial charge in [-0.1, -0.05) is 42.5 Å². The number of aryl methyl sites for hydroxylation is 1. The summed E-state index contributed by atoms with van der Waals surface area (Å²) in [5, 5.41) is 9.66. The highest BCUT2D eigenvalue weighted by molar-refractivity contribution is 5.82. The van der Waals surface area contributed by atoms with Crippen molar-refractivity contribution >= 4 is 10.9 Å². The van der Waals surface area contributed by atoms with Crippen molar-refractivity contribution in [3.8, 4) is 11.3 Å². The summed E-state index contributed by atoms with van der Waals surface area (Å²) in [5.74, 6) is 0. The quantitative estimate of drug-likeness (QED) is 0.626. The summed E-state index contributed by atoms with van der Waals surface area (Å²) in [6, 6.07) is 18.4. The summed E-state index contributed by atoms with van der Waals surface area (Å²) in [6.45, 7) is 2.09. The zero-order chi connectivity index (χ0) is 11.7. The lowest BCUT2D eigenvalue weighted by Gasteiger charge is -2.04. The van der Waals surface area contributed by atoms with Crippen LogP contribution in [0.5, 0.6) is 0 Å². The molecular formula is C15H12N2. The lowest BCUT2D eigenvalue weighted by molar-refractivity contribution is 1.08. The molecule has 0 aliphatic carbocycles. The highest BCUT2D eigenvalue weighted by atomic mass is 15.1. The molecule has 2 heteroatoms. The Morgan fingerprint density at radius 1 is 0.824 bits per heavy atom. The Hall–Kier alpha value is -2.22. The van der Waals surface area contributed by atoms with Crippen LogP contribution in [-0.2, 0) is 0 Å². The molecule has 0 aliphatic heterocycles. The lowest BCUT2D eigenvalue weighted by Crippen LogP contribution is -1.90. The molecule has 0 aliphatic rings. The molecule has 17 heavy (non-hydrogen) atoms. The molecule has 0 atom stereocenters. The first kappa shape index (κ1) is 9.97. The predicted octanol–water partition coefficient (Wildman–Crippen LogP) is 3.61. The fourth-order valence-electron chi connectivity index (χ4n) is 1.98. The molecule has 0 N–H and O–H groups in total. The molecule has 0 saturated carbocycles. The number of nitrogens with zero attached hydrogens (tertiary/aromatic N) is 2. The van der Waals surface area contributed by atoms with Gasteiger partial charge in [0.15, 0.2) is 0 Å². The first-order valence-electron chi connectivity index (χ1n) is 5.63. The second-order valence-electron chi connectivity index (χ2n) is 4.10. The third-order valence-corrected chi connectivity index (χ3v) is 2.92. The first-order chi connectivity index (χ1) is 8.34. The molecule has 2 nitrogen and oxygen atoms in total. The van der Waals surface area contributed by atoms with E-state index in [2.05, 4.69) is 41.4 Å². The first-order valence-corrected chi connectivity index (χ1v) is 5.63. The topological polar surface area (TPSA) is 25.8 Å². The summed E-state index contributed by atoms with van der Waals surface area (Å²) >= 11 is 0. The van der Waals surface area contributed by atoms with Crippen LogP contribution in [0.25, 0.3) is 22.2 Å². The molecule has 1 heterocycles. The molecule has 0 amide bonds. The van der Waals surface area contributed by atoms with Crippen LogP contribution in [0.15, 0.2) is 54.6 Å². The molecule has 3 aromatic rings. The van der Waals surface area contributed by atoms with Crippen LogP contribution in [0.4, 0.5) is 0 Å². The summed E-state index contributed by atoms with van der Waals surface area (Å²) in [4.78, 5) is 0. The maximum absolute atomic E-state index is 4.29. The summed E-state index contributed by atoms with van der Waals surface area (Å²) in [6.07, 6.45) is 0. The average Bonchev–Trinajstić information content (AvgIpc) is 2.39. The molecule has 82 valence electrons. The minimum Gasteiger partial charge on any atom is -0.150 e. The van der Waals surface area contributed by atoms with Crippen LogP contribution in [0.2, 0.25) is 0 Å². The number of hydrogen-bond acceptors (Lipinski definition) is 2. The molecule has 0 bridgehead atoms. The highest BCUT2D eigenvalue weighted by Crippen LogP contribution is 2.23. The predicted molar refractivity (Wildman–Crippen MR) is 69.7 cm³/mol. The zero-order valence-electron chi connectivity index (χ0n) is 9.59. The summed E-state index contributed by atoms with van der Waals surface area (Å²) in [5.41, 5.74) is 4.23. The Balaban J connectivity index is 2.22. The maximum Gasteiger partial charge on any atom is 0.0938 e. The second kappa shape index (κ2) is 3.98. The third kappa shape index (κ3) is 1.78. The van der Waals surface area contributed by atoms with Crippen molar-refractivity contribution in [1.29, 1.82) is 0 Å². The van der Waals surface area contributed by atoms with Gasteiger partial charge < -0.3 is 0 Å². The standard InChI is InChI=1S/C15H12N2/c1-11-6-2-4-8-13(11)15-10-12-7-3-5-9-14(12)16-17-15/h2-10H,1H3. The molecule has 0 saturated heterocycles. The van der Waals surface area contributed by atoms with Gasteiger partial charge in [-0.25, -0.2) is 0 Å². The fourth-order valence-corrected chi connectivity index (χ4v) is 1.98. The van der Waals surface area contributed by atoms with Gasteiger partial charge in [0.25, 0.3) is 0 Å². The van der Waals surface area contributed by atoms with Gasteiger partial charge in [0, 0.05) is 10.9 Å². The molecule has 3 rings (SSSR count). The largest absolute Gasteiger partial charge is 0.150 e. The van der Waals surface area contributed by atoms with Crippen molar-refractivity contribution in [1.82, 2.24) is 10.2 Å². The van der Waals surface area contributed by atoms with E-state index in [0.29, 0.717) is 0 Å². The molecule has 0 fully saturated rings. The Labute approximate surface area is 99.9 Å². The van der Waals surface area contributed by atoms with Crippen molar-refractivity contribution in [2.75, 3.05) is 0 Å². The number of hydrogen-bond donors (Lipinski definition) is 0. The fraction of sp³-hybridized carbons (Fsp3) is 0.0667. The van der Waals surface area contributed by atoms with Crippen LogP contribution in [0.3, 0.4) is 0 Å². The van der Waals surface area contributed by atoms with Gasteiger partial charge >= 0.3 is 0 Å². The Kier molecular flexibility index (Phi) is 2.33. The summed E-state index contributed by atoms with van der Waals surface area (Å²) in [7, 11) is 0. The smallest absolute Gasteiger partial charge is 0.0938 e. The van der Waals surface area contributed by atoms with Crippen LogP contribution in [0, 0.1) is 6.92 Å².